The summed E-state index contributed by atoms with van der Waals surface area (Å²) >= 11 is 1.36. The van der Waals surface area contributed by atoms with Gasteiger partial charge in [-0.3, -0.25) is 67.1 Å². The molecule has 34 nitrogen and oxygen atoms in total. The molecule has 0 heterocycles. The number of hydrogen-bond acceptors (Lipinski definition) is 20. The number of carboxylic acids is 1. The quantitative estimate of drug-likeness (QED) is 0.0294. The molecule has 0 rings (SSSR count). The number of nitrogens with one attached hydrogen (secondary N) is 13. The minimum absolute atomic E-state index is 0.0467. The van der Waals surface area contributed by atoms with Gasteiger partial charge in [-0.2, -0.15) is 11.8 Å². The van der Waals surface area contributed by atoms with E-state index in [4.69, 9.17) is 28.7 Å². The highest BCUT2D eigenvalue weighted by Crippen LogP contribution is 2.16. The zero-order valence-electron chi connectivity index (χ0n) is 64.0. The molecular formula is C69H128N18O16S. The molecule has 24 N–H and O–H groups in total. The lowest BCUT2D eigenvalue weighted by Crippen LogP contribution is -2.61. The number of carbonyl (C=O) groups is 15. The van der Waals surface area contributed by atoms with Crippen molar-refractivity contribution in [1.82, 2.24) is 69.1 Å². The summed E-state index contributed by atoms with van der Waals surface area (Å²) in [6.45, 7) is 24.0. The highest BCUT2D eigenvalue weighted by molar-refractivity contribution is 7.98. The molecule has 0 saturated carbocycles. The fourth-order valence-electron chi connectivity index (χ4n) is 10.5. The van der Waals surface area contributed by atoms with Crippen LogP contribution < -0.4 is 97.8 Å². The number of hydrogen-bond donors (Lipinski definition) is 19. The van der Waals surface area contributed by atoms with Crippen LogP contribution in [0.15, 0.2) is 0 Å². The van der Waals surface area contributed by atoms with Crippen LogP contribution in [0.3, 0.4) is 0 Å². The minimum atomic E-state index is -1.49. The summed E-state index contributed by atoms with van der Waals surface area (Å²) in [6, 6.07) is -17.7. The Balaban J connectivity index is 6.37. The van der Waals surface area contributed by atoms with Gasteiger partial charge in [-0.05, 0) is 172 Å². The molecule has 0 bridgehead atoms. The molecule has 0 aliphatic carbocycles. The molecule has 0 spiro atoms. The number of rotatable bonds is 54. The van der Waals surface area contributed by atoms with Crippen molar-refractivity contribution >= 4 is 100 Å². The fourth-order valence-corrected chi connectivity index (χ4v) is 11.0. The molecule has 0 aromatic carbocycles. The maximum atomic E-state index is 14.2. The molecule has 0 fully saturated rings. The summed E-state index contributed by atoms with van der Waals surface area (Å²) in [6.07, 6.45) is 5.16. The van der Waals surface area contributed by atoms with Crippen LogP contribution in [0, 0.1) is 29.6 Å². The van der Waals surface area contributed by atoms with Crippen molar-refractivity contribution in [1.29, 1.82) is 0 Å². The Morgan fingerprint density at radius 2 is 0.615 bits per heavy atom. The van der Waals surface area contributed by atoms with Crippen LogP contribution in [-0.4, -0.2) is 210 Å². The maximum absolute atomic E-state index is 14.2. The minimum Gasteiger partial charge on any atom is -0.480 e. The van der Waals surface area contributed by atoms with E-state index in [1.54, 1.807) is 54.7 Å². The second-order valence-electron chi connectivity index (χ2n) is 28.2. The monoisotopic (exact) mass is 1500 g/mol. The summed E-state index contributed by atoms with van der Waals surface area (Å²) in [7, 11) is 0. The lowest BCUT2D eigenvalue weighted by Gasteiger charge is -2.28. The van der Waals surface area contributed by atoms with E-state index >= 15 is 0 Å². The second kappa shape index (κ2) is 51.4. The number of primary amides is 1. The van der Waals surface area contributed by atoms with Crippen molar-refractivity contribution in [3.63, 3.8) is 0 Å². The SMILES string of the molecule is CC[C@H](C)[C@H](N)C(=O)N[C@@H](CC(N)=O)C(=O)N[C@@H](CC(C)C)C(=O)N[C@@H](CCCCN)C(=O)N[C@@H](C)C(=O)N[C@H](C(=O)N[C@@H](C)C(=O)N[C@@H](C)C(=O)N[C@@H](CCSC)C(=O)N[C@@H](C)C(=O)N[C@@H](CCCCN)C(=O)N[C@@H](CCCCN)C(=O)N[C@@H](CC(C)C)C(=O)N[C@@H](CC(C)C)C(=O)O)[C@@H](C)CC. The van der Waals surface area contributed by atoms with Crippen LogP contribution in [0.2, 0.25) is 0 Å². The van der Waals surface area contributed by atoms with Gasteiger partial charge in [0.15, 0.2) is 0 Å². The van der Waals surface area contributed by atoms with Crippen molar-refractivity contribution in [2.24, 2.45) is 58.3 Å². The van der Waals surface area contributed by atoms with E-state index in [2.05, 4.69) is 69.1 Å². The topological polar surface area (TPSA) is 563 Å². The van der Waals surface area contributed by atoms with Crippen molar-refractivity contribution in [2.45, 2.75) is 284 Å². The average molecular weight is 1500 g/mol. The van der Waals surface area contributed by atoms with E-state index in [0.29, 0.717) is 57.1 Å². The van der Waals surface area contributed by atoms with Crippen molar-refractivity contribution < 1.29 is 77.0 Å². The normalized spacial score (nSPS) is 16.0. The summed E-state index contributed by atoms with van der Waals surface area (Å²) in [4.78, 5) is 204. The molecule has 16 atom stereocenters. The Labute approximate surface area is 618 Å². The third kappa shape index (κ3) is 37.8. The Kier molecular flexibility index (Phi) is 47.6. The first kappa shape index (κ1) is 96.2. The van der Waals surface area contributed by atoms with Crippen LogP contribution in [0.25, 0.3) is 0 Å². The summed E-state index contributed by atoms with van der Waals surface area (Å²) in [5.41, 5.74) is 28.8. The lowest BCUT2D eigenvalue weighted by atomic mass is 9.97. The average Bonchev–Trinajstić information content (AvgIpc) is 0.868. The van der Waals surface area contributed by atoms with Gasteiger partial charge in [0.25, 0.3) is 0 Å². The van der Waals surface area contributed by atoms with Crippen LogP contribution in [0.5, 0.6) is 0 Å². The van der Waals surface area contributed by atoms with Gasteiger partial charge in [0.2, 0.25) is 82.7 Å². The van der Waals surface area contributed by atoms with E-state index in [0.717, 1.165) is 0 Å². The first-order valence-corrected chi connectivity index (χ1v) is 37.9. The molecule has 14 amide bonds. The van der Waals surface area contributed by atoms with Crippen molar-refractivity contribution in [2.75, 3.05) is 31.6 Å². The summed E-state index contributed by atoms with van der Waals surface area (Å²) in [5.74, 6) is -13.2. The first-order valence-electron chi connectivity index (χ1n) is 36.5. The molecule has 0 aromatic rings. The molecule has 0 unspecified atom stereocenters. The van der Waals surface area contributed by atoms with Gasteiger partial charge in [-0.15, -0.1) is 0 Å². The van der Waals surface area contributed by atoms with Gasteiger partial charge >= 0.3 is 5.97 Å². The molecule has 0 aliphatic rings. The highest BCUT2D eigenvalue weighted by atomic mass is 32.2. The van der Waals surface area contributed by atoms with E-state index < -0.39 is 186 Å². The van der Waals surface area contributed by atoms with E-state index in [-0.39, 0.29) is 88.3 Å². The fraction of sp³-hybridized carbons (Fsp3) is 0.783. The standard InChI is InChI=1S/C69H128N18O16S/c1-16-39(9)54(74)67(100)85-51(35-53(73)88)66(99)84-49(32-36(3)4)64(97)82-45(24-18-21-28-70)60(93)77-44(14)59(92)87-55(40(10)17-2)68(101)78-41(11)56(89)75-42(12)57(90)80-48(27-31-104-15)61(94)76-43(13)58(91)79-46(25-19-22-29-71)62(95)81-47(26-20-23-30-72)63(96)83-50(33-37(5)6)65(98)86-52(69(102)103)34-38(7)8/h36-52,54-55H,16-35,70-72,74H2,1-15H3,(H2,73,88)(H,75,89)(H,76,94)(H,77,93)(H,78,101)(H,79,91)(H,80,90)(H,81,95)(H,82,97)(H,83,96)(H,84,99)(H,85,100)(H,86,98)(H,87,92)(H,102,103)/t39-,40-,41-,42-,43-,44-,45-,46-,47-,48-,49-,50-,51-,52-,54-,55-/m0/s1. The molecule has 596 valence electrons. The van der Waals surface area contributed by atoms with Gasteiger partial charge < -0.3 is 103 Å². The molecular weight excluding hydrogens is 1370 g/mol. The number of aliphatic carboxylic acids is 1. The zero-order chi connectivity index (χ0) is 79.7. The van der Waals surface area contributed by atoms with E-state index in [1.165, 1.54) is 39.5 Å². The molecule has 0 aliphatic heterocycles. The largest absolute Gasteiger partial charge is 0.480 e. The third-order valence-electron chi connectivity index (χ3n) is 17.4. The molecule has 35 heteroatoms. The zero-order valence-corrected chi connectivity index (χ0v) is 64.8. The number of thioether (sulfide) groups is 1. The van der Waals surface area contributed by atoms with Crippen LogP contribution in [-0.2, 0) is 71.9 Å². The van der Waals surface area contributed by atoms with Crippen LogP contribution in [0.1, 0.15) is 200 Å². The maximum Gasteiger partial charge on any atom is 0.326 e. The van der Waals surface area contributed by atoms with E-state index in [1.807, 2.05) is 20.8 Å². The van der Waals surface area contributed by atoms with Gasteiger partial charge in [0.05, 0.1) is 12.5 Å². The molecule has 0 radical (unpaired) electrons. The van der Waals surface area contributed by atoms with Gasteiger partial charge in [-0.1, -0.05) is 82.1 Å². The van der Waals surface area contributed by atoms with Crippen molar-refractivity contribution in [3.05, 3.63) is 0 Å². The smallest absolute Gasteiger partial charge is 0.326 e. The Bertz CT molecular complexity index is 2790. The Morgan fingerprint density at radius 3 is 0.962 bits per heavy atom. The van der Waals surface area contributed by atoms with Gasteiger partial charge in [0, 0.05) is 0 Å². The predicted molar refractivity (Wildman–Crippen MR) is 396 cm³/mol. The number of unbranched alkanes of at least 4 members (excludes halogenated alkanes) is 3. The number of nitrogens with two attached hydrogens (primary N) is 5. The summed E-state index contributed by atoms with van der Waals surface area (Å²) < 4.78 is 0. The second-order valence-corrected chi connectivity index (χ2v) is 29.2. The number of carbonyl (C=O) groups excluding carboxylic acids is 14. The highest BCUT2D eigenvalue weighted by Gasteiger charge is 2.38. The third-order valence-corrected chi connectivity index (χ3v) is 18.0. The van der Waals surface area contributed by atoms with Gasteiger partial charge in [0.1, 0.15) is 78.5 Å². The number of carboxylic acid groups (broad SMARTS) is 1. The Morgan fingerprint density at radius 1 is 0.337 bits per heavy atom. The molecule has 0 aromatic heterocycles. The van der Waals surface area contributed by atoms with Crippen molar-refractivity contribution in [3.8, 4) is 0 Å². The van der Waals surface area contributed by atoms with Crippen LogP contribution >= 0.6 is 11.8 Å². The van der Waals surface area contributed by atoms with Crippen LogP contribution in [0.4, 0.5) is 0 Å². The lowest BCUT2D eigenvalue weighted by molar-refractivity contribution is -0.143. The summed E-state index contributed by atoms with van der Waals surface area (Å²) in [5, 5.41) is 43.7. The predicted octanol–water partition coefficient (Wildman–Crippen LogP) is -1.97. The first-order chi connectivity index (χ1) is 48.7. The molecule has 0 saturated heterocycles. The molecule has 104 heavy (non-hydrogen) atoms. The number of amides is 14. The van der Waals surface area contributed by atoms with E-state index in [9.17, 15) is 77.0 Å². The van der Waals surface area contributed by atoms with Gasteiger partial charge in [-0.25, -0.2) is 4.79 Å². The Hall–Kier alpha value is -7.76.